The van der Waals surface area contributed by atoms with Crippen LogP contribution in [-0.4, -0.2) is 0 Å². The molecule has 0 amide bonds. The molecule has 29 heavy (non-hydrogen) atoms. The summed E-state index contributed by atoms with van der Waals surface area (Å²) >= 11 is 0. The van der Waals surface area contributed by atoms with Gasteiger partial charge in [-0.05, 0) is 5.92 Å². The van der Waals surface area contributed by atoms with Gasteiger partial charge < -0.3 is 0 Å². The van der Waals surface area contributed by atoms with Crippen molar-refractivity contribution < 1.29 is 0 Å². The second kappa shape index (κ2) is 26.0. The standard InChI is InChI=1S/C29H58/c1-4-7-9-11-12-13-14-15-16-17-18-19-20-21-22-23-24-26-28-29(6-3)27-25-10-8-5-2/h29H,1-2,4-28H2,3H3. The topological polar surface area (TPSA) is 0 Å². The summed E-state index contributed by atoms with van der Waals surface area (Å²) in [5.41, 5.74) is 0. The van der Waals surface area contributed by atoms with Crippen molar-refractivity contribution in [3.63, 3.8) is 0 Å². The summed E-state index contributed by atoms with van der Waals surface area (Å²) in [7, 11) is 0. The first-order valence-electron chi connectivity index (χ1n) is 13.9. The van der Waals surface area contributed by atoms with Gasteiger partial charge in [0.25, 0.3) is 0 Å². The van der Waals surface area contributed by atoms with Crippen molar-refractivity contribution in [3.05, 3.63) is 13.8 Å². The van der Waals surface area contributed by atoms with Crippen molar-refractivity contribution in [1.82, 2.24) is 0 Å². The molecule has 1 unspecified atom stereocenters. The monoisotopic (exact) mass is 406 g/mol. The summed E-state index contributed by atoms with van der Waals surface area (Å²) < 4.78 is 0. The van der Waals surface area contributed by atoms with E-state index >= 15 is 0 Å². The van der Waals surface area contributed by atoms with Crippen LogP contribution >= 0.6 is 0 Å². The predicted molar refractivity (Wildman–Crippen MR) is 135 cm³/mol. The first-order valence-corrected chi connectivity index (χ1v) is 13.9. The van der Waals surface area contributed by atoms with Gasteiger partial charge >= 0.3 is 0 Å². The van der Waals surface area contributed by atoms with E-state index in [1.165, 1.54) is 148 Å². The third-order valence-corrected chi connectivity index (χ3v) is 6.80. The Morgan fingerprint density at radius 2 is 0.621 bits per heavy atom. The van der Waals surface area contributed by atoms with Crippen LogP contribution in [0.3, 0.4) is 0 Å². The first-order chi connectivity index (χ1) is 14.3. The molecule has 0 N–H and O–H groups in total. The zero-order valence-corrected chi connectivity index (χ0v) is 20.7. The Morgan fingerprint density at radius 1 is 0.379 bits per heavy atom. The molecule has 0 aromatic rings. The summed E-state index contributed by atoms with van der Waals surface area (Å²) in [4.78, 5) is 0. The van der Waals surface area contributed by atoms with Crippen LogP contribution in [0.1, 0.15) is 167 Å². The van der Waals surface area contributed by atoms with Gasteiger partial charge in [0.2, 0.25) is 0 Å². The lowest BCUT2D eigenvalue weighted by Crippen LogP contribution is -1.99. The molecule has 0 rings (SSSR count). The Hall–Kier alpha value is 0. The van der Waals surface area contributed by atoms with Crippen molar-refractivity contribution in [2.45, 2.75) is 167 Å². The van der Waals surface area contributed by atoms with Crippen LogP contribution in [0.15, 0.2) is 0 Å². The molecule has 0 saturated carbocycles. The van der Waals surface area contributed by atoms with E-state index in [9.17, 15) is 0 Å². The highest BCUT2D eigenvalue weighted by molar-refractivity contribution is 4.59. The quantitative estimate of drug-likeness (QED) is 0.132. The second-order valence-corrected chi connectivity index (χ2v) is 9.63. The van der Waals surface area contributed by atoms with Crippen LogP contribution in [0.4, 0.5) is 0 Å². The SMILES string of the molecule is [CH2]CCCCCCCCCCCCCCCCCCCC(CC)CCCCC[CH2]. The fourth-order valence-electron chi connectivity index (χ4n) is 4.60. The molecule has 0 heterocycles. The molecule has 2 radical (unpaired) electrons. The van der Waals surface area contributed by atoms with Gasteiger partial charge in [0, 0.05) is 0 Å². The minimum Gasteiger partial charge on any atom is -0.0651 e. The van der Waals surface area contributed by atoms with Crippen molar-refractivity contribution in [1.29, 1.82) is 0 Å². The molecule has 0 aromatic carbocycles. The lowest BCUT2D eigenvalue weighted by atomic mass is 9.92. The molecule has 0 heteroatoms. The zero-order chi connectivity index (χ0) is 21.3. The van der Waals surface area contributed by atoms with Crippen molar-refractivity contribution in [2.75, 3.05) is 0 Å². The molecule has 0 nitrogen and oxygen atoms in total. The third kappa shape index (κ3) is 24.1. The number of hydrogen-bond donors (Lipinski definition) is 0. The third-order valence-electron chi connectivity index (χ3n) is 6.80. The molecule has 1 atom stereocenters. The smallest absolute Gasteiger partial charge is 0.0417 e. The maximum Gasteiger partial charge on any atom is -0.0417 e. The Kier molecular flexibility index (Phi) is 26.0. The molecule has 0 aliphatic heterocycles. The summed E-state index contributed by atoms with van der Waals surface area (Å²) in [5, 5.41) is 0. The van der Waals surface area contributed by atoms with Gasteiger partial charge in [-0.1, -0.05) is 181 Å². The maximum atomic E-state index is 3.95. The largest absolute Gasteiger partial charge is 0.0651 e. The molecule has 0 bridgehead atoms. The second-order valence-electron chi connectivity index (χ2n) is 9.63. The Morgan fingerprint density at radius 3 is 0.897 bits per heavy atom. The van der Waals surface area contributed by atoms with E-state index in [-0.39, 0.29) is 0 Å². The van der Waals surface area contributed by atoms with E-state index < -0.39 is 0 Å². The molecule has 0 saturated heterocycles. The fraction of sp³-hybridized carbons (Fsp3) is 0.931. The number of unbranched alkanes of at least 4 members (excludes halogenated alkanes) is 20. The molecule has 0 aromatic heterocycles. The Balaban J connectivity index is 3.16. The average Bonchev–Trinajstić information content (AvgIpc) is 2.74. The zero-order valence-electron chi connectivity index (χ0n) is 20.7. The van der Waals surface area contributed by atoms with Crippen LogP contribution in [0.5, 0.6) is 0 Å². The van der Waals surface area contributed by atoms with E-state index in [2.05, 4.69) is 20.8 Å². The number of hydrogen-bond acceptors (Lipinski definition) is 0. The minimum absolute atomic E-state index is 0.999. The van der Waals surface area contributed by atoms with Gasteiger partial charge in [-0.2, -0.15) is 0 Å². The van der Waals surface area contributed by atoms with Crippen molar-refractivity contribution >= 4 is 0 Å². The number of rotatable bonds is 25. The Labute approximate surface area is 187 Å². The van der Waals surface area contributed by atoms with E-state index in [0.29, 0.717) is 0 Å². The summed E-state index contributed by atoms with van der Waals surface area (Å²) in [6.07, 6.45) is 35.6. The van der Waals surface area contributed by atoms with Gasteiger partial charge in [-0.15, -0.1) is 0 Å². The summed E-state index contributed by atoms with van der Waals surface area (Å²) in [6.45, 7) is 10.3. The van der Waals surface area contributed by atoms with E-state index in [1.54, 1.807) is 0 Å². The predicted octanol–water partition coefficient (Wildman–Crippen LogP) is 11.0. The highest BCUT2D eigenvalue weighted by Crippen LogP contribution is 2.21. The van der Waals surface area contributed by atoms with Gasteiger partial charge in [0.05, 0.1) is 0 Å². The van der Waals surface area contributed by atoms with Crippen LogP contribution in [-0.2, 0) is 0 Å². The molecule has 174 valence electrons. The molecular formula is C29H58. The van der Waals surface area contributed by atoms with Gasteiger partial charge in [-0.25, -0.2) is 0 Å². The van der Waals surface area contributed by atoms with Gasteiger partial charge in [0.1, 0.15) is 0 Å². The Bertz CT molecular complexity index is 269. The molecule has 0 aliphatic rings. The minimum atomic E-state index is 0.999. The van der Waals surface area contributed by atoms with Crippen LogP contribution in [0, 0.1) is 19.8 Å². The lowest BCUT2D eigenvalue weighted by molar-refractivity contribution is 0.394. The lowest BCUT2D eigenvalue weighted by Gasteiger charge is -2.14. The molecule has 0 spiro atoms. The highest BCUT2D eigenvalue weighted by atomic mass is 14.1. The normalized spacial score (nSPS) is 12.5. The highest BCUT2D eigenvalue weighted by Gasteiger charge is 2.05. The first kappa shape index (κ1) is 29.0. The maximum absolute atomic E-state index is 3.95. The summed E-state index contributed by atoms with van der Waals surface area (Å²) in [6, 6.07) is 0. The van der Waals surface area contributed by atoms with E-state index in [0.717, 1.165) is 18.8 Å². The van der Waals surface area contributed by atoms with E-state index in [4.69, 9.17) is 0 Å². The molecule has 0 aliphatic carbocycles. The van der Waals surface area contributed by atoms with Gasteiger partial charge in [0.15, 0.2) is 0 Å². The average molecular weight is 407 g/mol. The van der Waals surface area contributed by atoms with Crippen LogP contribution in [0.25, 0.3) is 0 Å². The van der Waals surface area contributed by atoms with Gasteiger partial charge in [-0.3, -0.25) is 0 Å². The fourth-order valence-corrected chi connectivity index (χ4v) is 4.60. The van der Waals surface area contributed by atoms with Crippen molar-refractivity contribution in [3.8, 4) is 0 Å². The van der Waals surface area contributed by atoms with Crippen LogP contribution < -0.4 is 0 Å². The molecular weight excluding hydrogens is 348 g/mol. The van der Waals surface area contributed by atoms with E-state index in [1.807, 2.05) is 0 Å². The van der Waals surface area contributed by atoms with Crippen LogP contribution in [0.2, 0.25) is 0 Å². The van der Waals surface area contributed by atoms with Crippen molar-refractivity contribution in [2.24, 2.45) is 5.92 Å². The molecule has 0 fully saturated rings. The summed E-state index contributed by atoms with van der Waals surface area (Å²) in [5.74, 6) is 0.999.